The second kappa shape index (κ2) is 9.61. The van der Waals surface area contributed by atoms with E-state index in [9.17, 15) is 10.2 Å². The standard InChI is InChI=1S/C20H27N5O3/c1-2-17(27)16(10-26)22-8-15-9-25(19-18(15)23-12-24-20(19)21)13-28-11-14-6-4-3-5-7-14/h3-7,9,12,16-17,22,26-27H,2,8,10-11,13H2,1H3,(H2,21,23,24)/t16-,17-/m0/s1. The molecule has 0 bridgehead atoms. The Morgan fingerprint density at radius 3 is 2.75 bits per heavy atom. The van der Waals surface area contributed by atoms with Crippen molar-refractivity contribution in [3.8, 4) is 0 Å². The van der Waals surface area contributed by atoms with Gasteiger partial charge in [0.15, 0.2) is 5.82 Å². The topological polar surface area (TPSA) is 118 Å². The molecule has 0 spiro atoms. The molecule has 0 saturated carbocycles. The number of nitrogens with zero attached hydrogens (tertiary/aromatic N) is 3. The van der Waals surface area contributed by atoms with Crippen molar-refractivity contribution in [1.82, 2.24) is 19.9 Å². The van der Waals surface area contributed by atoms with Crippen LogP contribution in [0.25, 0.3) is 11.0 Å². The van der Waals surface area contributed by atoms with E-state index >= 15 is 0 Å². The number of fused-ring (bicyclic) bond motifs is 1. The average Bonchev–Trinajstić information content (AvgIpc) is 3.08. The maximum absolute atomic E-state index is 9.99. The first-order chi connectivity index (χ1) is 13.6. The Morgan fingerprint density at radius 2 is 2.04 bits per heavy atom. The number of aliphatic hydroxyl groups is 2. The Morgan fingerprint density at radius 1 is 1.25 bits per heavy atom. The van der Waals surface area contributed by atoms with Gasteiger partial charge in [0.2, 0.25) is 0 Å². The Labute approximate surface area is 164 Å². The van der Waals surface area contributed by atoms with Gasteiger partial charge < -0.3 is 30.6 Å². The molecule has 2 aromatic heterocycles. The van der Waals surface area contributed by atoms with E-state index in [1.165, 1.54) is 6.33 Å². The summed E-state index contributed by atoms with van der Waals surface area (Å²) < 4.78 is 7.72. The van der Waals surface area contributed by atoms with Crippen LogP contribution in [0.4, 0.5) is 5.82 Å². The number of aromatic nitrogens is 3. The summed E-state index contributed by atoms with van der Waals surface area (Å²) in [7, 11) is 0. The molecule has 0 amide bonds. The molecule has 0 saturated heterocycles. The van der Waals surface area contributed by atoms with Crippen molar-refractivity contribution in [2.24, 2.45) is 0 Å². The minimum absolute atomic E-state index is 0.148. The van der Waals surface area contributed by atoms with Crippen LogP contribution in [0.3, 0.4) is 0 Å². The molecule has 8 heteroatoms. The minimum atomic E-state index is -0.618. The lowest BCUT2D eigenvalue weighted by Crippen LogP contribution is -2.42. The highest BCUT2D eigenvalue weighted by atomic mass is 16.5. The van der Waals surface area contributed by atoms with Crippen LogP contribution in [-0.4, -0.2) is 43.5 Å². The number of aliphatic hydroxyl groups excluding tert-OH is 2. The van der Waals surface area contributed by atoms with Crippen LogP contribution < -0.4 is 11.1 Å². The average molecular weight is 385 g/mol. The number of nitrogens with two attached hydrogens (primary N) is 1. The van der Waals surface area contributed by atoms with Crippen LogP contribution in [-0.2, 0) is 24.6 Å². The molecule has 1 aromatic carbocycles. The first-order valence-corrected chi connectivity index (χ1v) is 9.36. The van der Waals surface area contributed by atoms with Gasteiger partial charge in [-0.1, -0.05) is 37.3 Å². The van der Waals surface area contributed by atoms with Gasteiger partial charge in [-0.25, -0.2) is 9.97 Å². The van der Waals surface area contributed by atoms with Crippen molar-refractivity contribution in [2.75, 3.05) is 12.3 Å². The number of hydrogen-bond donors (Lipinski definition) is 4. The molecule has 28 heavy (non-hydrogen) atoms. The Hall–Kier alpha value is -2.52. The van der Waals surface area contributed by atoms with Crippen LogP contribution >= 0.6 is 0 Å². The predicted octanol–water partition coefficient (Wildman–Crippen LogP) is 1.41. The summed E-state index contributed by atoms with van der Waals surface area (Å²) in [6, 6.07) is 9.53. The highest BCUT2D eigenvalue weighted by Gasteiger charge is 2.18. The normalized spacial score (nSPS) is 13.7. The fraction of sp³-hybridized carbons (Fsp3) is 0.400. The highest BCUT2D eigenvalue weighted by molar-refractivity contribution is 5.87. The smallest absolute Gasteiger partial charge is 0.151 e. The SMILES string of the molecule is CC[C@H](O)[C@H](CO)NCc1cn(COCc2ccccc2)c2c(N)ncnc12. The summed E-state index contributed by atoms with van der Waals surface area (Å²) in [6.45, 7) is 2.95. The summed E-state index contributed by atoms with van der Waals surface area (Å²) in [5.41, 5.74) is 9.50. The maximum Gasteiger partial charge on any atom is 0.151 e. The maximum atomic E-state index is 9.99. The molecule has 0 aliphatic rings. The molecule has 2 heterocycles. The molecule has 3 rings (SSSR count). The van der Waals surface area contributed by atoms with Crippen LogP contribution in [0.5, 0.6) is 0 Å². The molecule has 150 valence electrons. The van der Waals surface area contributed by atoms with Gasteiger partial charge in [0.1, 0.15) is 18.6 Å². The van der Waals surface area contributed by atoms with Crippen LogP contribution in [0.1, 0.15) is 24.5 Å². The summed E-state index contributed by atoms with van der Waals surface area (Å²) in [5.74, 6) is 0.381. The van der Waals surface area contributed by atoms with Crippen molar-refractivity contribution in [1.29, 1.82) is 0 Å². The third-order valence-corrected chi connectivity index (χ3v) is 4.73. The lowest BCUT2D eigenvalue weighted by atomic mass is 10.1. The number of hydrogen-bond acceptors (Lipinski definition) is 7. The zero-order valence-corrected chi connectivity index (χ0v) is 16.0. The molecule has 0 aliphatic heterocycles. The number of anilines is 1. The number of ether oxygens (including phenoxy) is 1. The van der Waals surface area contributed by atoms with Gasteiger partial charge in [-0.05, 0) is 12.0 Å². The second-order valence-electron chi connectivity index (χ2n) is 6.69. The zero-order chi connectivity index (χ0) is 19.9. The molecule has 8 nitrogen and oxygen atoms in total. The summed E-state index contributed by atoms with van der Waals surface area (Å²) in [6.07, 6.45) is 3.29. The van der Waals surface area contributed by atoms with E-state index in [1.807, 2.05) is 48.0 Å². The lowest BCUT2D eigenvalue weighted by molar-refractivity contribution is 0.0666. The van der Waals surface area contributed by atoms with E-state index in [0.717, 1.165) is 16.6 Å². The van der Waals surface area contributed by atoms with Crippen LogP contribution in [0.2, 0.25) is 0 Å². The molecule has 0 radical (unpaired) electrons. The highest BCUT2D eigenvalue weighted by Crippen LogP contribution is 2.23. The van der Waals surface area contributed by atoms with Crippen molar-refractivity contribution < 1.29 is 14.9 Å². The fourth-order valence-corrected chi connectivity index (χ4v) is 3.14. The molecule has 5 N–H and O–H groups in total. The zero-order valence-electron chi connectivity index (χ0n) is 16.0. The first kappa shape index (κ1) is 20.2. The third-order valence-electron chi connectivity index (χ3n) is 4.73. The molecule has 3 aromatic rings. The van der Waals surface area contributed by atoms with Gasteiger partial charge in [-0.3, -0.25) is 0 Å². The third kappa shape index (κ3) is 4.66. The number of nitrogens with one attached hydrogen (secondary N) is 1. The van der Waals surface area contributed by atoms with Gasteiger partial charge in [0.05, 0.1) is 30.9 Å². The second-order valence-corrected chi connectivity index (χ2v) is 6.69. The first-order valence-electron chi connectivity index (χ1n) is 9.36. The lowest BCUT2D eigenvalue weighted by Gasteiger charge is -2.20. The van der Waals surface area contributed by atoms with Crippen LogP contribution in [0.15, 0.2) is 42.9 Å². The number of benzene rings is 1. The van der Waals surface area contributed by atoms with E-state index in [-0.39, 0.29) is 6.61 Å². The van der Waals surface area contributed by atoms with E-state index in [4.69, 9.17) is 10.5 Å². The van der Waals surface area contributed by atoms with Gasteiger partial charge in [-0.2, -0.15) is 0 Å². The molecule has 0 fully saturated rings. The van der Waals surface area contributed by atoms with E-state index in [0.29, 0.717) is 37.6 Å². The summed E-state index contributed by atoms with van der Waals surface area (Å²) in [4.78, 5) is 8.46. The Bertz CT molecular complexity index is 884. The van der Waals surface area contributed by atoms with Gasteiger partial charge in [-0.15, -0.1) is 0 Å². The summed E-state index contributed by atoms with van der Waals surface area (Å²) >= 11 is 0. The van der Waals surface area contributed by atoms with E-state index < -0.39 is 12.1 Å². The van der Waals surface area contributed by atoms with Crippen molar-refractivity contribution in [2.45, 2.75) is 45.4 Å². The Kier molecular flexibility index (Phi) is 6.94. The summed E-state index contributed by atoms with van der Waals surface area (Å²) in [5, 5.41) is 22.7. The number of nitrogen functional groups attached to an aromatic ring is 1. The van der Waals surface area contributed by atoms with Crippen molar-refractivity contribution in [3.63, 3.8) is 0 Å². The predicted molar refractivity (Wildman–Crippen MR) is 107 cm³/mol. The van der Waals surface area contributed by atoms with Gasteiger partial charge in [0, 0.05) is 18.3 Å². The van der Waals surface area contributed by atoms with Gasteiger partial charge >= 0.3 is 0 Å². The van der Waals surface area contributed by atoms with Crippen molar-refractivity contribution >= 4 is 16.9 Å². The van der Waals surface area contributed by atoms with Crippen LogP contribution in [0, 0.1) is 0 Å². The quantitative estimate of drug-likeness (QED) is 0.417. The fourth-order valence-electron chi connectivity index (χ4n) is 3.14. The molecule has 0 aliphatic carbocycles. The Balaban J connectivity index is 1.75. The van der Waals surface area contributed by atoms with Crippen molar-refractivity contribution in [3.05, 3.63) is 54.0 Å². The molecule has 2 atom stereocenters. The molecule has 0 unspecified atom stereocenters. The van der Waals surface area contributed by atoms with E-state index in [1.54, 1.807) is 0 Å². The van der Waals surface area contributed by atoms with Gasteiger partial charge in [0.25, 0.3) is 0 Å². The molecular formula is C20H27N5O3. The largest absolute Gasteiger partial charge is 0.395 e. The minimum Gasteiger partial charge on any atom is -0.395 e. The van der Waals surface area contributed by atoms with E-state index in [2.05, 4.69) is 15.3 Å². The number of rotatable bonds is 10. The molecular weight excluding hydrogens is 358 g/mol. The monoisotopic (exact) mass is 385 g/mol.